The average Bonchev–Trinajstić information content (AvgIpc) is 2.11. The summed E-state index contributed by atoms with van der Waals surface area (Å²) in [7, 11) is 0. The van der Waals surface area contributed by atoms with Gasteiger partial charge in [-0.15, -0.1) is 0 Å². The van der Waals surface area contributed by atoms with Gasteiger partial charge in [0.1, 0.15) is 10.4 Å². The number of pyridine rings is 1. The second-order valence-electron chi connectivity index (χ2n) is 1.88. The van der Waals surface area contributed by atoms with Crippen molar-refractivity contribution in [3.8, 4) is 5.75 Å². The first kappa shape index (κ1) is 12.2. The molecule has 0 unspecified atom stereocenters. The molecule has 1 rings (SSSR count). The van der Waals surface area contributed by atoms with E-state index in [1.54, 1.807) is 12.1 Å². The molecule has 0 radical (unpaired) electrons. The van der Waals surface area contributed by atoms with Gasteiger partial charge in [-0.1, -0.05) is 0 Å². The minimum absolute atomic E-state index is 0.188. The Morgan fingerprint density at radius 2 is 2.00 bits per heavy atom. The highest BCUT2D eigenvalue weighted by Gasteiger charge is 1.95. The highest BCUT2D eigenvalue weighted by atomic mass is 79.9. The van der Waals surface area contributed by atoms with Gasteiger partial charge in [0.15, 0.2) is 6.67 Å². The zero-order valence-electron chi connectivity index (χ0n) is 6.42. The topological polar surface area (TPSA) is 33.1 Å². The van der Waals surface area contributed by atoms with E-state index in [9.17, 15) is 13.2 Å². The SMILES string of the molecule is FCC(F)F.Oc1ccc(Br)nc1. The molecule has 0 spiro atoms. The van der Waals surface area contributed by atoms with E-state index < -0.39 is 13.1 Å². The third-order valence-electron chi connectivity index (χ3n) is 0.828. The van der Waals surface area contributed by atoms with Gasteiger partial charge in [0.25, 0.3) is 6.43 Å². The quantitative estimate of drug-likeness (QED) is 0.785. The van der Waals surface area contributed by atoms with Crippen molar-refractivity contribution in [3.63, 3.8) is 0 Å². The molecular weight excluding hydrogens is 251 g/mol. The number of nitrogens with zero attached hydrogens (tertiary/aromatic N) is 1. The summed E-state index contributed by atoms with van der Waals surface area (Å²) in [6.07, 6.45) is -1.40. The van der Waals surface area contributed by atoms with E-state index in [2.05, 4.69) is 20.9 Å². The lowest BCUT2D eigenvalue weighted by Crippen LogP contribution is -1.88. The van der Waals surface area contributed by atoms with Crippen LogP contribution in [-0.2, 0) is 0 Å². The molecule has 0 aromatic carbocycles. The van der Waals surface area contributed by atoms with E-state index in [0.29, 0.717) is 0 Å². The van der Waals surface area contributed by atoms with Gasteiger partial charge in [-0.2, -0.15) is 0 Å². The Morgan fingerprint density at radius 3 is 2.23 bits per heavy atom. The summed E-state index contributed by atoms with van der Waals surface area (Å²) in [6.45, 7) is -1.53. The number of hydrogen-bond acceptors (Lipinski definition) is 2. The molecule has 0 amide bonds. The Balaban J connectivity index is 0.000000252. The number of rotatable bonds is 1. The molecule has 74 valence electrons. The van der Waals surface area contributed by atoms with Crippen molar-refractivity contribution in [2.45, 2.75) is 6.43 Å². The van der Waals surface area contributed by atoms with Gasteiger partial charge in [-0.3, -0.25) is 0 Å². The van der Waals surface area contributed by atoms with Crippen LogP contribution in [0.15, 0.2) is 22.9 Å². The molecule has 0 aliphatic heterocycles. The first-order valence-corrected chi connectivity index (χ1v) is 4.00. The number of hydrogen-bond donors (Lipinski definition) is 1. The smallest absolute Gasteiger partial charge is 0.266 e. The van der Waals surface area contributed by atoms with E-state index in [0.717, 1.165) is 4.60 Å². The fourth-order valence-electron chi connectivity index (χ4n) is 0.368. The van der Waals surface area contributed by atoms with Crippen LogP contribution in [-0.4, -0.2) is 23.2 Å². The number of alkyl halides is 3. The lowest BCUT2D eigenvalue weighted by atomic mass is 10.5. The van der Waals surface area contributed by atoms with E-state index in [1.807, 2.05) is 0 Å². The maximum atomic E-state index is 10.4. The molecule has 0 fully saturated rings. The van der Waals surface area contributed by atoms with Crippen LogP contribution in [0.1, 0.15) is 0 Å². The first-order chi connectivity index (χ1) is 6.06. The third-order valence-corrected chi connectivity index (χ3v) is 1.30. The molecule has 0 bridgehead atoms. The fraction of sp³-hybridized carbons (Fsp3) is 0.286. The summed E-state index contributed by atoms with van der Waals surface area (Å²) in [5.41, 5.74) is 0. The maximum Gasteiger partial charge on any atom is 0.266 e. The molecule has 13 heavy (non-hydrogen) atoms. The van der Waals surface area contributed by atoms with Crippen molar-refractivity contribution in [1.82, 2.24) is 4.98 Å². The van der Waals surface area contributed by atoms with E-state index in [-0.39, 0.29) is 5.75 Å². The van der Waals surface area contributed by atoms with Gasteiger partial charge in [-0.25, -0.2) is 18.2 Å². The Kier molecular flexibility index (Phi) is 6.30. The van der Waals surface area contributed by atoms with E-state index in [1.165, 1.54) is 6.20 Å². The molecule has 6 heteroatoms. The number of aromatic nitrogens is 1. The summed E-state index contributed by atoms with van der Waals surface area (Å²) in [4.78, 5) is 3.75. The Morgan fingerprint density at radius 1 is 1.46 bits per heavy atom. The normalized spacial score (nSPS) is 9.31. The molecule has 1 heterocycles. The summed E-state index contributed by atoms with van der Waals surface area (Å²) < 4.78 is 31.9. The van der Waals surface area contributed by atoms with Gasteiger partial charge < -0.3 is 5.11 Å². The summed E-state index contributed by atoms with van der Waals surface area (Å²) in [5, 5.41) is 8.67. The summed E-state index contributed by atoms with van der Waals surface area (Å²) in [5.74, 6) is 0.188. The van der Waals surface area contributed by atoms with Crippen LogP contribution in [0.3, 0.4) is 0 Å². The third kappa shape index (κ3) is 7.58. The monoisotopic (exact) mass is 257 g/mol. The second-order valence-corrected chi connectivity index (χ2v) is 2.70. The van der Waals surface area contributed by atoms with Crippen LogP contribution < -0.4 is 0 Å². The second kappa shape index (κ2) is 6.71. The van der Waals surface area contributed by atoms with Crippen molar-refractivity contribution < 1.29 is 18.3 Å². The van der Waals surface area contributed by atoms with Crippen molar-refractivity contribution >= 4 is 15.9 Å². The van der Waals surface area contributed by atoms with Crippen LogP contribution in [0.5, 0.6) is 5.75 Å². The molecule has 1 aromatic heterocycles. The Bertz CT molecular complexity index is 209. The molecule has 0 aliphatic carbocycles. The highest BCUT2D eigenvalue weighted by Crippen LogP contribution is 2.09. The summed E-state index contributed by atoms with van der Waals surface area (Å²) >= 11 is 3.12. The van der Waals surface area contributed by atoms with Crippen LogP contribution in [0.4, 0.5) is 13.2 Å². The highest BCUT2D eigenvalue weighted by molar-refractivity contribution is 9.10. The molecule has 0 aliphatic rings. The maximum absolute atomic E-state index is 10.4. The van der Waals surface area contributed by atoms with Crippen molar-refractivity contribution in [2.24, 2.45) is 0 Å². The van der Waals surface area contributed by atoms with Crippen molar-refractivity contribution in [2.75, 3.05) is 6.67 Å². The molecule has 1 N–H and O–H groups in total. The van der Waals surface area contributed by atoms with Gasteiger partial charge >= 0.3 is 0 Å². The predicted molar refractivity (Wildman–Crippen MR) is 45.6 cm³/mol. The standard InChI is InChI=1S/C5H4BrNO.C2H3F3/c6-5-2-1-4(8)3-7-5;3-1-2(4)5/h1-3,8H;2H,1H2. The Labute approximate surface area is 81.5 Å². The zero-order chi connectivity index (χ0) is 10.3. The van der Waals surface area contributed by atoms with Crippen LogP contribution in [0.25, 0.3) is 0 Å². The molecule has 0 saturated carbocycles. The van der Waals surface area contributed by atoms with Crippen LogP contribution in [0, 0.1) is 0 Å². The van der Waals surface area contributed by atoms with Gasteiger partial charge in [0.2, 0.25) is 0 Å². The zero-order valence-corrected chi connectivity index (χ0v) is 8.01. The summed E-state index contributed by atoms with van der Waals surface area (Å²) in [6, 6.07) is 3.24. The van der Waals surface area contributed by atoms with Crippen LogP contribution >= 0.6 is 15.9 Å². The van der Waals surface area contributed by atoms with E-state index >= 15 is 0 Å². The fourth-order valence-corrected chi connectivity index (χ4v) is 0.603. The van der Waals surface area contributed by atoms with Crippen LogP contribution in [0.2, 0.25) is 0 Å². The van der Waals surface area contributed by atoms with Gasteiger partial charge in [-0.05, 0) is 28.1 Å². The molecule has 0 atom stereocenters. The predicted octanol–water partition coefficient (Wildman–Crippen LogP) is 2.77. The molecule has 0 saturated heterocycles. The minimum atomic E-state index is -2.78. The lowest BCUT2D eigenvalue weighted by molar-refractivity contribution is 0.113. The number of aromatic hydroxyl groups is 1. The number of halogens is 4. The average molecular weight is 258 g/mol. The molecular formula is C7H7BrF3NO. The minimum Gasteiger partial charge on any atom is -0.506 e. The van der Waals surface area contributed by atoms with Crippen molar-refractivity contribution in [1.29, 1.82) is 0 Å². The van der Waals surface area contributed by atoms with Crippen molar-refractivity contribution in [3.05, 3.63) is 22.9 Å². The Hall–Kier alpha value is -0.780. The molecule has 1 aromatic rings. The van der Waals surface area contributed by atoms with E-state index in [4.69, 9.17) is 5.11 Å². The molecule has 2 nitrogen and oxygen atoms in total. The van der Waals surface area contributed by atoms with Gasteiger partial charge in [0, 0.05) is 0 Å². The first-order valence-electron chi connectivity index (χ1n) is 3.21. The van der Waals surface area contributed by atoms with Gasteiger partial charge in [0.05, 0.1) is 6.20 Å². The lowest BCUT2D eigenvalue weighted by Gasteiger charge is -1.87. The largest absolute Gasteiger partial charge is 0.506 e.